The Bertz CT molecular complexity index is 273. The third-order valence-corrected chi connectivity index (χ3v) is 2.47. The zero-order chi connectivity index (χ0) is 10.9. The van der Waals surface area contributed by atoms with Gasteiger partial charge < -0.3 is 10.1 Å². The second-order valence-corrected chi connectivity index (χ2v) is 3.70. The van der Waals surface area contributed by atoms with Gasteiger partial charge in [-0.05, 0) is 19.0 Å². The highest BCUT2D eigenvalue weighted by Gasteiger charge is 1.99. The molecule has 0 heterocycles. The number of hydrogen-bond acceptors (Lipinski definition) is 2. The van der Waals surface area contributed by atoms with Crippen molar-refractivity contribution < 1.29 is 4.74 Å². The summed E-state index contributed by atoms with van der Waals surface area (Å²) in [5.74, 6) is 0.973. The van der Waals surface area contributed by atoms with Crippen LogP contribution in [0.1, 0.15) is 31.7 Å². The maximum Gasteiger partial charge on any atom is 0.123 e. The number of unbranched alkanes of at least 4 members (excludes halogenated alkanes) is 2. The smallest absolute Gasteiger partial charge is 0.123 e. The average Bonchev–Trinajstić information content (AvgIpc) is 2.29. The molecular formula is C13H21NO. The Labute approximate surface area is 92.6 Å². The zero-order valence-corrected chi connectivity index (χ0v) is 9.75. The molecule has 1 aromatic rings. The molecule has 0 saturated heterocycles. The summed E-state index contributed by atoms with van der Waals surface area (Å²) in [6, 6.07) is 8.15. The Morgan fingerprint density at radius 2 is 2.00 bits per heavy atom. The second kappa shape index (κ2) is 7.30. The van der Waals surface area contributed by atoms with E-state index in [1.807, 2.05) is 18.2 Å². The van der Waals surface area contributed by atoms with E-state index in [0.717, 1.165) is 18.8 Å². The van der Waals surface area contributed by atoms with Crippen molar-refractivity contribution in [1.29, 1.82) is 0 Å². The lowest BCUT2D eigenvalue weighted by Crippen LogP contribution is -2.15. The van der Waals surface area contributed by atoms with E-state index in [-0.39, 0.29) is 0 Å². The van der Waals surface area contributed by atoms with E-state index in [9.17, 15) is 0 Å². The highest BCUT2D eigenvalue weighted by atomic mass is 16.5. The number of para-hydroxylation sites is 1. The van der Waals surface area contributed by atoms with E-state index in [1.54, 1.807) is 7.11 Å². The Morgan fingerprint density at radius 3 is 2.73 bits per heavy atom. The van der Waals surface area contributed by atoms with E-state index < -0.39 is 0 Å². The van der Waals surface area contributed by atoms with Crippen LogP contribution in [0.2, 0.25) is 0 Å². The maximum atomic E-state index is 5.28. The summed E-state index contributed by atoms with van der Waals surface area (Å²) in [5, 5.41) is 3.43. The van der Waals surface area contributed by atoms with Crippen molar-refractivity contribution in [2.75, 3.05) is 13.7 Å². The van der Waals surface area contributed by atoms with Crippen LogP contribution in [0.15, 0.2) is 24.3 Å². The summed E-state index contributed by atoms with van der Waals surface area (Å²) in [5.41, 5.74) is 1.23. The van der Waals surface area contributed by atoms with Gasteiger partial charge in [0.05, 0.1) is 7.11 Å². The molecule has 0 fully saturated rings. The summed E-state index contributed by atoms with van der Waals surface area (Å²) < 4.78 is 5.28. The standard InChI is InChI=1S/C13H21NO/c1-3-4-7-10-14-11-12-8-5-6-9-13(12)15-2/h5-6,8-9,14H,3-4,7,10-11H2,1-2H3. The zero-order valence-electron chi connectivity index (χ0n) is 9.75. The molecule has 0 atom stereocenters. The summed E-state index contributed by atoms with van der Waals surface area (Å²) in [6.07, 6.45) is 3.83. The van der Waals surface area contributed by atoms with Crippen molar-refractivity contribution in [2.45, 2.75) is 32.7 Å². The molecule has 0 aliphatic rings. The molecule has 0 aliphatic heterocycles. The molecular weight excluding hydrogens is 186 g/mol. The van der Waals surface area contributed by atoms with E-state index in [0.29, 0.717) is 0 Å². The van der Waals surface area contributed by atoms with Crippen molar-refractivity contribution in [3.05, 3.63) is 29.8 Å². The summed E-state index contributed by atoms with van der Waals surface area (Å²) in [7, 11) is 1.72. The number of hydrogen-bond donors (Lipinski definition) is 1. The highest BCUT2D eigenvalue weighted by molar-refractivity contribution is 5.32. The lowest BCUT2D eigenvalue weighted by atomic mass is 10.2. The van der Waals surface area contributed by atoms with Gasteiger partial charge in [-0.1, -0.05) is 38.0 Å². The van der Waals surface area contributed by atoms with Crippen LogP contribution in [0.3, 0.4) is 0 Å². The normalized spacial score (nSPS) is 10.3. The second-order valence-electron chi connectivity index (χ2n) is 3.70. The fourth-order valence-corrected chi connectivity index (χ4v) is 1.57. The molecule has 0 spiro atoms. The van der Waals surface area contributed by atoms with Gasteiger partial charge in [-0.3, -0.25) is 0 Å². The Kier molecular flexibility index (Phi) is 5.86. The number of nitrogens with one attached hydrogen (secondary N) is 1. The summed E-state index contributed by atoms with van der Waals surface area (Å²) in [4.78, 5) is 0. The quantitative estimate of drug-likeness (QED) is 0.694. The number of rotatable bonds is 7. The van der Waals surface area contributed by atoms with Crippen molar-refractivity contribution in [2.24, 2.45) is 0 Å². The molecule has 0 radical (unpaired) electrons. The van der Waals surface area contributed by atoms with E-state index in [4.69, 9.17) is 4.74 Å². The van der Waals surface area contributed by atoms with Crippen LogP contribution in [0.25, 0.3) is 0 Å². The molecule has 0 aromatic heterocycles. The van der Waals surface area contributed by atoms with Crippen LogP contribution in [0.5, 0.6) is 5.75 Å². The lowest BCUT2D eigenvalue weighted by Gasteiger charge is -2.08. The average molecular weight is 207 g/mol. The van der Waals surface area contributed by atoms with Gasteiger partial charge in [0.15, 0.2) is 0 Å². The molecule has 15 heavy (non-hydrogen) atoms. The molecule has 0 amide bonds. The summed E-state index contributed by atoms with van der Waals surface area (Å²) in [6.45, 7) is 4.21. The topological polar surface area (TPSA) is 21.3 Å². The van der Waals surface area contributed by atoms with Gasteiger partial charge in [0.25, 0.3) is 0 Å². The van der Waals surface area contributed by atoms with Gasteiger partial charge in [0.1, 0.15) is 5.75 Å². The Balaban J connectivity index is 2.30. The van der Waals surface area contributed by atoms with Crippen molar-refractivity contribution in [3.63, 3.8) is 0 Å². The van der Waals surface area contributed by atoms with Crippen LogP contribution >= 0.6 is 0 Å². The van der Waals surface area contributed by atoms with Gasteiger partial charge in [-0.25, -0.2) is 0 Å². The third kappa shape index (κ3) is 4.34. The maximum absolute atomic E-state index is 5.28. The van der Waals surface area contributed by atoms with Crippen molar-refractivity contribution >= 4 is 0 Å². The largest absolute Gasteiger partial charge is 0.496 e. The van der Waals surface area contributed by atoms with Gasteiger partial charge in [-0.15, -0.1) is 0 Å². The Morgan fingerprint density at radius 1 is 1.20 bits per heavy atom. The van der Waals surface area contributed by atoms with Crippen LogP contribution in [0.4, 0.5) is 0 Å². The van der Waals surface area contributed by atoms with Crippen molar-refractivity contribution in [3.8, 4) is 5.75 Å². The molecule has 2 heteroatoms. The first-order chi connectivity index (χ1) is 7.38. The minimum atomic E-state index is 0.897. The molecule has 0 saturated carbocycles. The fraction of sp³-hybridized carbons (Fsp3) is 0.538. The van der Waals surface area contributed by atoms with Crippen LogP contribution < -0.4 is 10.1 Å². The first-order valence-corrected chi connectivity index (χ1v) is 5.71. The lowest BCUT2D eigenvalue weighted by molar-refractivity contribution is 0.407. The van der Waals surface area contributed by atoms with Crippen molar-refractivity contribution in [1.82, 2.24) is 5.32 Å². The minimum absolute atomic E-state index is 0.897. The minimum Gasteiger partial charge on any atom is -0.496 e. The van der Waals surface area contributed by atoms with Gasteiger partial charge >= 0.3 is 0 Å². The summed E-state index contributed by atoms with van der Waals surface area (Å²) >= 11 is 0. The predicted molar refractivity (Wildman–Crippen MR) is 64.2 cm³/mol. The van der Waals surface area contributed by atoms with Gasteiger partial charge in [-0.2, -0.15) is 0 Å². The Hall–Kier alpha value is -1.02. The molecule has 0 aliphatic carbocycles. The van der Waals surface area contributed by atoms with Gasteiger partial charge in [0.2, 0.25) is 0 Å². The van der Waals surface area contributed by atoms with Crippen LogP contribution in [-0.2, 0) is 6.54 Å². The monoisotopic (exact) mass is 207 g/mol. The first kappa shape index (κ1) is 12.1. The molecule has 1 N–H and O–H groups in total. The molecule has 1 aromatic carbocycles. The fourth-order valence-electron chi connectivity index (χ4n) is 1.57. The van der Waals surface area contributed by atoms with E-state index >= 15 is 0 Å². The molecule has 0 unspecified atom stereocenters. The number of ether oxygens (including phenoxy) is 1. The van der Waals surface area contributed by atoms with E-state index in [1.165, 1.54) is 24.8 Å². The highest BCUT2D eigenvalue weighted by Crippen LogP contribution is 2.16. The number of benzene rings is 1. The van der Waals surface area contributed by atoms with Crippen LogP contribution in [-0.4, -0.2) is 13.7 Å². The molecule has 1 rings (SSSR count). The molecule has 2 nitrogen and oxygen atoms in total. The van der Waals surface area contributed by atoms with Crippen LogP contribution in [0, 0.1) is 0 Å². The van der Waals surface area contributed by atoms with E-state index in [2.05, 4.69) is 18.3 Å². The van der Waals surface area contributed by atoms with Gasteiger partial charge in [0, 0.05) is 12.1 Å². The third-order valence-electron chi connectivity index (χ3n) is 2.47. The number of methoxy groups -OCH3 is 1. The molecule has 0 bridgehead atoms. The first-order valence-electron chi connectivity index (χ1n) is 5.71. The predicted octanol–water partition coefficient (Wildman–Crippen LogP) is 2.98. The molecule has 84 valence electrons. The SMILES string of the molecule is CCCCCNCc1ccccc1OC.